The van der Waals surface area contributed by atoms with Gasteiger partial charge in [-0.2, -0.15) is 22.6 Å². The molecule has 2 aromatic rings. The predicted octanol–water partition coefficient (Wildman–Crippen LogP) is 2.84. The van der Waals surface area contributed by atoms with Gasteiger partial charge in [-0.3, -0.25) is 9.48 Å². The van der Waals surface area contributed by atoms with Crippen molar-refractivity contribution in [2.45, 2.75) is 33.0 Å². The first-order valence-electron chi connectivity index (χ1n) is 6.41. The zero-order valence-corrected chi connectivity index (χ0v) is 13.3. The minimum absolute atomic E-state index is 0.0239. The van der Waals surface area contributed by atoms with Gasteiger partial charge in [-0.1, -0.05) is 0 Å². The monoisotopic (exact) mass is 332 g/mol. The lowest BCUT2D eigenvalue weighted by atomic mass is 10.0. The van der Waals surface area contributed by atoms with Crippen molar-refractivity contribution in [3.63, 3.8) is 0 Å². The second-order valence-electron chi connectivity index (χ2n) is 4.97. The van der Waals surface area contributed by atoms with Crippen LogP contribution in [0.4, 0.5) is 13.2 Å². The number of hydrogen-bond donors (Lipinski definition) is 1. The number of aromatic nitrogens is 3. The van der Waals surface area contributed by atoms with Gasteiger partial charge in [0.25, 0.3) is 5.91 Å². The molecular weight excluding hydrogens is 317 g/mol. The second-order valence-corrected chi connectivity index (χ2v) is 5.60. The van der Waals surface area contributed by atoms with Gasteiger partial charge in [0.05, 0.1) is 17.0 Å². The number of rotatable bonds is 3. The maximum Gasteiger partial charge on any atom is 0.413 e. The Bertz CT molecular complexity index is 705. The average molecular weight is 332 g/mol. The summed E-state index contributed by atoms with van der Waals surface area (Å²) in [5.74, 6) is -0.795. The maximum atomic E-state index is 13.4. The van der Waals surface area contributed by atoms with Crippen molar-refractivity contribution in [1.29, 1.82) is 0 Å². The zero-order chi connectivity index (χ0) is 16.7. The van der Waals surface area contributed by atoms with E-state index in [4.69, 9.17) is 0 Å². The summed E-state index contributed by atoms with van der Waals surface area (Å²) in [4.78, 5) is 12.1. The normalized spacial score (nSPS) is 13.2. The molecule has 0 saturated heterocycles. The molecule has 9 heteroatoms. The third-order valence-corrected chi connectivity index (χ3v) is 4.17. The predicted molar refractivity (Wildman–Crippen MR) is 75.8 cm³/mol. The number of nitrogens with one attached hydrogen (secondary N) is 1. The molecule has 1 amide bonds. The van der Waals surface area contributed by atoms with E-state index in [9.17, 15) is 18.0 Å². The van der Waals surface area contributed by atoms with E-state index in [0.717, 1.165) is 11.5 Å². The number of halogens is 3. The summed E-state index contributed by atoms with van der Waals surface area (Å²) in [5, 5.41) is 7.48. The summed E-state index contributed by atoms with van der Waals surface area (Å²) in [6.07, 6.45) is -4.62. The van der Waals surface area contributed by atoms with E-state index in [1.807, 2.05) is 0 Å². The lowest BCUT2D eigenvalue weighted by Gasteiger charge is -2.22. The van der Waals surface area contributed by atoms with Gasteiger partial charge in [0.1, 0.15) is 0 Å². The summed E-state index contributed by atoms with van der Waals surface area (Å²) in [6, 6.07) is -2.10. The van der Waals surface area contributed by atoms with Crippen LogP contribution in [0, 0.1) is 20.8 Å². The zero-order valence-electron chi connectivity index (χ0n) is 12.4. The van der Waals surface area contributed by atoms with E-state index in [-0.39, 0.29) is 16.8 Å². The van der Waals surface area contributed by atoms with Crippen molar-refractivity contribution < 1.29 is 18.0 Å². The molecule has 1 N–H and O–H groups in total. The highest BCUT2D eigenvalue weighted by atomic mass is 32.1. The Labute approximate surface area is 129 Å². The molecule has 0 fully saturated rings. The van der Waals surface area contributed by atoms with E-state index < -0.39 is 18.1 Å². The van der Waals surface area contributed by atoms with E-state index in [2.05, 4.69) is 14.8 Å². The number of hydrogen-bond acceptors (Lipinski definition) is 4. The van der Waals surface area contributed by atoms with Crippen LogP contribution < -0.4 is 5.32 Å². The fourth-order valence-electron chi connectivity index (χ4n) is 2.24. The number of aryl methyl sites for hydroxylation is 3. The highest BCUT2D eigenvalue weighted by Crippen LogP contribution is 2.36. The van der Waals surface area contributed by atoms with Crippen molar-refractivity contribution in [3.05, 3.63) is 33.6 Å². The summed E-state index contributed by atoms with van der Waals surface area (Å²) >= 11 is 1.03. The SMILES string of the molecule is Cc1nscc1C(=O)NC(c1c(C)nn(C)c1C)C(F)(F)F. The summed E-state index contributed by atoms with van der Waals surface area (Å²) in [5.41, 5.74) is 1.13. The lowest BCUT2D eigenvalue weighted by molar-refractivity contribution is -0.155. The van der Waals surface area contributed by atoms with Gasteiger partial charge in [0, 0.05) is 23.7 Å². The minimum Gasteiger partial charge on any atom is -0.336 e. The van der Waals surface area contributed by atoms with Gasteiger partial charge in [0.2, 0.25) is 0 Å². The summed E-state index contributed by atoms with van der Waals surface area (Å²) in [7, 11) is 1.56. The highest BCUT2D eigenvalue weighted by molar-refractivity contribution is 7.03. The van der Waals surface area contributed by atoms with Crippen LogP contribution in [-0.2, 0) is 7.05 Å². The van der Waals surface area contributed by atoms with Gasteiger partial charge in [-0.05, 0) is 32.3 Å². The minimum atomic E-state index is -4.62. The first-order chi connectivity index (χ1) is 10.1. The van der Waals surface area contributed by atoms with Crippen LogP contribution >= 0.6 is 11.5 Å². The number of alkyl halides is 3. The van der Waals surface area contributed by atoms with Gasteiger partial charge in [-0.25, -0.2) is 0 Å². The molecule has 0 aromatic carbocycles. The topological polar surface area (TPSA) is 59.8 Å². The molecule has 0 spiro atoms. The lowest BCUT2D eigenvalue weighted by Crippen LogP contribution is -2.38. The maximum absolute atomic E-state index is 13.4. The van der Waals surface area contributed by atoms with Crippen molar-refractivity contribution in [2.75, 3.05) is 0 Å². The van der Waals surface area contributed by atoms with Crippen LogP contribution in [-0.4, -0.2) is 26.2 Å². The first kappa shape index (κ1) is 16.5. The molecule has 2 rings (SSSR count). The van der Waals surface area contributed by atoms with Gasteiger partial charge >= 0.3 is 6.18 Å². The van der Waals surface area contributed by atoms with Gasteiger partial charge < -0.3 is 5.32 Å². The van der Waals surface area contributed by atoms with Gasteiger partial charge in [0.15, 0.2) is 6.04 Å². The smallest absolute Gasteiger partial charge is 0.336 e. The van der Waals surface area contributed by atoms with Crippen molar-refractivity contribution in [1.82, 2.24) is 19.5 Å². The molecule has 22 heavy (non-hydrogen) atoms. The summed E-state index contributed by atoms with van der Waals surface area (Å²) < 4.78 is 45.5. The van der Waals surface area contributed by atoms with E-state index >= 15 is 0 Å². The fourth-order valence-corrected chi connectivity index (χ4v) is 2.94. The first-order valence-corrected chi connectivity index (χ1v) is 7.25. The number of nitrogens with zero attached hydrogens (tertiary/aromatic N) is 3. The van der Waals surface area contributed by atoms with Crippen LogP contribution in [0.25, 0.3) is 0 Å². The molecule has 0 aliphatic heterocycles. The number of carbonyl (C=O) groups is 1. The van der Waals surface area contributed by atoms with Crippen molar-refractivity contribution >= 4 is 17.4 Å². The third-order valence-electron chi connectivity index (χ3n) is 3.45. The van der Waals surface area contributed by atoms with Gasteiger partial charge in [-0.15, -0.1) is 0 Å². The van der Waals surface area contributed by atoms with Crippen molar-refractivity contribution in [3.8, 4) is 0 Å². The largest absolute Gasteiger partial charge is 0.413 e. The second kappa shape index (κ2) is 5.71. The molecule has 2 heterocycles. The summed E-state index contributed by atoms with van der Waals surface area (Å²) in [6.45, 7) is 4.61. The molecule has 0 bridgehead atoms. The highest BCUT2D eigenvalue weighted by Gasteiger charge is 2.44. The molecule has 0 aliphatic carbocycles. The van der Waals surface area contributed by atoms with Crippen LogP contribution in [0.3, 0.4) is 0 Å². The third kappa shape index (κ3) is 2.99. The van der Waals surface area contributed by atoms with Crippen LogP contribution in [0.2, 0.25) is 0 Å². The fraction of sp³-hybridized carbons (Fsp3) is 0.462. The molecule has 5 nitrogen and oxygen atoms in total. The van der Waals surface area contributed by atoms with E-state index in [1.165, 1.54) is 23.9 Å². The Kier molecular flexibility index (Phi) is 4.28. The average Bonchev–Trinajstić information content (AvgIpc) is 2.91. The Balaban J connectivity index is 2.40. The van der Waals surface area contributed by atoms with Crippen LogP contribution in [0.1, 0.15) is 39.0 Å². The molecule has 0 radical (unpaired) electrons. The molecule has 120 valence electrons. The number of amides is 1. The molecular formula is C13H15F3N4OS. The van der Waals surface area contributed by atoms with Crippen LogP contribution in [0.15, 0.2) is 5.38 Å². The van der Waals surface area contributed by atoms with E-state index in [0.29, 0.717) is 11.4 Å². The Hall–Kier alpha value is -1.90. The van der Waals surface area contributed by atoms with E-state index in [1.54, 1.807) is 14.0 Å². The van der Waals surface area contributed by atoms with Crippen LogP contribution in [0.5, 0.6) is 0 Å². The Morgan fingerprint density at radius 2 is 1.95 bits per heavy atom. The van der Waals surface area contributed by atoms with Crippen molar-refractivity contribution in [2.24, 2.45) is 7.05 Å². The Morgan fingerprint density at radius 1 is 1.32 bits per heavy atom. The standard InChI is InChI=1S/C13H15F3N4OS/c1-6-9(5-22-19-6)12(21)17-11(13(14,15)16)10-7(2)18-20(4)8(10)3/h5,11H,1-4H3,(H,17,21). The molecule has 1 unspecified atom stereocenters. The molecule has 1 atom stereocenters. The Morgan fingerprint density at radius 3 is 2.36 bits per heavy atom. The molecule has 0 aliphatic rings. The molecule has 0 saturated carbocycles. The number of carbonyl (C=O) groups excluding carboxylic acids is 1. The quantitative estimate of drug-likeness (QED) is 0.940. The molecule has 2 aromatic heterocycles.